The Morgan fingerprint density at radius 2 is 2.14 bits per heavy atom. The molecule has 0 bridgehead atoms. The number of nitrogens with two attached hydrogens (primary N) is 1. The van der Waals surface area contributed by atoms with Crippen LogP contribution in [0.2, 0.25) is 0 Å². The molecule has 21 heavy (non-hydrogen) atoms. The van der Waals surface area contributed by atoms with Crippen LogP contribution in [0.25, 0.3) is 0 Å². The van der Waals surface area contributed by atoms with Crippen LogP contribution in [-0.2, 0) is 13.0 Å². The first-order chi connectivity index (χ1) is 10.1. The molecule has 0 radical (unpaired) electrons. The lowest BCUT2D eigenvalue weighted by atomic mass is 10.0. The Morgan fingerprint density at radius 1 is 1.33 bits per heavy atom. The fourth-order valence-electron chi connectivity index (χ4n) is 2.01. The molecule has 0 aliphatic carbocycles. The Balaban J connectivity index is 2.16. The average molecular weight is 370 g/mol. The predicted octanol–water partition coefficient (Wildman–Crippen LogP) is 4.38. The van der Waals surface area contributed by atoms with E-state index >= 15 is 0 Å². The van der Waals surface area contributed by atoms with Crippen molar-refractivity contribution in [1.29, 1.82) is 0 Å². The van der Waals surface area contributed by atoms with Gasteiger partial charge in [0.05, 0.1) is 11.6 Å². The summed E-state index contributed by atoms with van der Waals surface area (Å²) in [4.78, 5) is 0. The summed E-state index contributed by atoms with van der Waals surface area (Å²) in [5, 5.41) is 4.12. The average Bonchev–Trinajstić information content (AvgIpc) is 2.98. The van der Waals surface area contributed by atoms with E-state index in [0.717, 1.165) is 39.9 Å². The first-order valence-corrected chi connectivity index (χ1v) is 8.63. The normalized spacial score (nSPS) is 12.2. The summed E-state index contributed by atoms with van der Waals surface area (Å²) in [5.74, 6) is 1.47. The summed E-state index contributed by atoms with van der Waals surface area (Å²) in [7, 11) is 1.66. The number of hydrogen-bond acceptors (Lipinski definition) is 4. The smallest absolute Gasteiger partial charge is 0.175 e. The van der Waals surface area contributed by atoms with Gasteiger partial charge >= 0.3 is 0 Å². The molecule has 0 aliphatic heterocycles. The van der Waals surface area contributed by atoms with Gasteiger partial charge in [-0.3, -0.25) is 0 Å². The van der Waals surface area contributed by atoms with Crippen molar-refractivity contribution in [2.75, 3.05) is 7.11 Å². The van der Waals surface area contributed by atoms with E-state index in [9.17, 15) is 0 Å². The zero-order chi connectivity index (χ0) is 15.2. The van der Waals surface area contributed by atoms with Gasteiger partial charge in [0.1, 0.15) is 6.61 Å². The SMILES string of the molecule is CCC(N)Cc1cc(Br)c(OCc2ccsc2)c(OC)c1. The molecule has 2 aromatic rings. The summed E-state index contributed by atoms with van der Waals surface area (Å²) in [6.45, 7) is 2.63. The number of halogens is 1. The summed E-state index contributed by atoms with van der Waals surface area (Å²) in [5.41, 5.74) is 8.33. The number of hydrogen-bond donors (Lipinski definition) is 1. The number of thiophene rings is 1. The van der Waals surface area contributed by atoms with Crippen molar-refractivity contribution in [2.24, 2.45) is 5.73 Å². The second kappa shape index (κ2) is 7.82. The van der Waals surface area contributed by atoms with Gasteiger partial charge in [0.25, 0.3) is 0 Å². The Bertz CT molecular complexity index is 572. The van der Waals surface area contributed by atoms with E-state index in [2.05, 4.69) is 40.4 Å². The van der Waals surface area contributed by atoms with Gasteiger partial charge < -0.3 is 15.2 Å². The molecule has 0 fully saturated rings. The lowest BCUT2D eigenvalue weighted by Crippen LogP contribution is -2.21. The minimum absolute atomic E-state index is 0.166. The fourth-order valence-corrected chi connectivity index (χ4v) is 3.27. The van der Waals surface area contributed by atoms with Gasteiger partial charge in [-0.2, -0.15) is 11.3 Å². The molecule has 0 saturated carbocycles. The quantitative estimate of drug-likeness (QED) is 0.787. The molecule has 0 spiro atoms. The van der Waals surface area contributed by atoms with Crippen LogP contribution >= 0.6 is 27.3 Å². The number of ether oxygens (including phenoxy) is 2. The Kier molecular flexibility index (Phi) is 6.08. The monoisotopic (exact) mass is 369 g/mol. The van der Waals surface area contributed by atoms with Gasteiger partial charge in [0, 0.05) is 6.04 Å². The molecule has 0 saturated heterocycles. The number of methoxy groups -OCH3 is 1. The first kappa shape index (κ1) is 16.3. The fraction of sp³-hybridized carbons (Fsp3) is 0.375. The molecule has 1 unspecified atom stereocenters. The predicted molar refractivity (Wildman–Crippen MR) is 91.3 cm³/mol. The van der Waals surface area contributed by atoms with Gasteiger partial charge in [-0.25, -0.2) is 0 Å². The molecule has 114 valence electrons. The van der Waals surface area contributed by atoms with E-state index in [-0.39, 0.29) is 6.04 Å². The Morgan fingerprint density at radius 3 is 2.76 bits per heavy atom. The summed E-state index contributed by atoms with van der Waals surface area (Å²) < 4.78 is 12.3. The van der Waals surface area contributed by atoms with Crippen molar-refractivity contribution < 1.29 is 9.47 Å². The van der Waals surface area contributed by atoms with Crippen LogP contribution < -0.4 is 15.2 Å². The summed E-state index contributed by atoms with van der Waals surface area (Å²) in [6, 6.07) is 6.28. The zero-order valence-corrected chi connectivity index (χ0v) is 14.7. The van der Waals surface area contributed by atoms with E-state index in [0.29, 0.717) is 6.61 Å². The van der Waals surface area contributed by atoms with Crippen molar-refractivity contribution in [3.63, 3.8) is 0 Å². The van der Waals surface area contributed by atoms with Crippen molar-refractivity contribution in [3.8, 4) is 11.5 Å². The topological polar surface area (TPSA) is 44.5 Å². The minimum Gasteiger partial charge on any atom is -0.493 e. The maximum absolute atomic E-state index is 6.02. The minimum atomic E-state index is 0.166. The van der Waals surface area contributed by atoms with Gasteiger partial charge in [-0.15, -0.1) is 0 Å². The molecule has 0 aliphatic rings. The van der Waals surface area contributed by atoms with Crippen molar-refractivity contribution in [2.45, 2.75) is 32.4 Å². The highest BCUT2D eigenvalue weighted by Crippen LogP contribution is 2.37. The van der Waals surface area contributed by atoms with E-state index in [1.807, 2.05) is 11.4 Å². The zero-order valence-electron chi connectivity index (χ0n) is 12.3. The molecule has 1 aromatic heterocycles. The van der Waals surface area contributed by atoms with Crippen molar-refractivity contribution in [1.82, 2.24) is 0 Å². The van der Waals surface area contributed by atoms with Crippen LogP contribution in [0.3, 0.4) is 0 Å². The van der Waals surface area contributed by atoms with Crippen molar-refractivity contribution >= 4 is 27.3 Å². The molecule has 2 N–H and O–H groups in total. The van der Waals surface area contributed by atoms with Gasteiger partial charge in [-0.1, -0.05) is 6.92 Å². The van der Waals surface area contributed by atoms with Crippen LogP contribution in [0.5, 0.6) is 11.5 Å². The number of rotatable bonds is 7. The standard InChI is InChI=1S/C16H20BrNO2S/c1-3-13(18)6-12-7-14(17)16(15(8-12)19-2)20-9-11-4-5-21-10-11/h4-5,7-8,10,13H,3,6,9,18H2,1-2H3. The maximum atomic E-state index is 6.02. The second-order valence-electron chi connectivity index (χ2n) is 4.90. The molecule has 0 amide bonds. The van der Waals surface area contributed by atoms with E-state index < -0.39 is 0 Å². The highest BCUT2D eigenvalue weighted by molar-refractivity contribution is 9.10. The third-order valence-corrected chi connectivity index (χ3v) is 4.60. The first-order valence-electron chi connectivity index (χ1n) is 6.89. The highest BCUT2D eigenvalue weighted by Gasteiger charge is 2.13. The van der Waals surface area contributed by atoms with Gasteiger partial charge in [0.2, 0.25) is 0 Å². The van der Waals surface area contributed by atoms with Gasteiger partial charge in [-0.05, 0) is 68.9 Å². The van der Waals surface area contributed by atoms with Crippen LogP contribution in [0.4, 0.5) is 0 Å². The molecule has 1 aromatic carbocycles. The van der Waals surface area contributed by atoms with Crippen molar-refractivity contribution in [3.05, 3.63) is 44.6 Å². The molecular formula is C16H20BrNO2S. The van der Waals surface area contributed by atoms with E-state index in [1.165, 1.54) is 0 Å². The lowest BCUT2D eigenvalue weighted by molar-refractivity contribution is 0.282. The molecular weight excluding hydrogens is 350 g/mol. The molecule has 1 heterocycles. The Labute approximate surface area is 138 Å². The van der Waals surface area contributed by atoms with E-state index in [4.69, 9.17) is 15.2 Å². The maximum Gasteiger partial charge on any atom is 0.175 e. The third kappa shape index (κ3) is 4.46. The Hall–Kier alpha value is -1.04. The highest BCUT2D eigenvalue weighted by atomic mass is 79.9. The van der Waals surface area contributed by atoms with Crippen LogP contribution in [-0.4, -0.2) is 13.2 Å². The lowest BCUT2D eigenvalue weighted by Gasteiger charge is -2.15. The van der Waals surface area contributed by atoms with Crippen LogP contribution in [0, 0.1) is 0 Å². The largest absolute Gasteiger partial charge is 0.493 e. The van der Waals surface area contributed by atoms with Crippen LogP contribution in [0.15, 0.2) is 33.4 Å². The molecule has 3 nitrogen and oxygen atoms in total. The summed E-state index contributed by atoms with van der Waals surface area (Å²) >= 11 is 5.24. The van der Waals surface area contributed by atoms with Gasteiger partial charge in [0.15, 0.2) is 11.5 Å². The van der Waals surface area contributed by atoms with Crippen LogP contribution in [0.1, 0.15) is 24.5 Å². The molecule has 5 heteroatoms. The van der Waals surface area contributed by atoms with E-state index in [1.54, 1.807) is 18.4 Å². The molecule has 2 rings (SSSR count). The summed E-state index contributed by atoms with van der Waals surface area (Å²) in [6.07, 6.45) is 1.78. The second-order valence-corrected chi connectivity index (χ2v) is 6.54. The molecule has 1 atom stereocenters. The third-order valence-electron chi connectivity index (χ3n) is 3.27. The number of benzene rings is 1.